The van der Waals surface area contributed by atoms with E-state index < -0.39 is 54.0 Å². The van der Waals surface area contributed by atoms with Crippen molar-refractivity contribution in [2.75, 3.05) is 6.54 Å². The molecule has 42 heavy (non-hydrogen) atoms. The minimum Gasteiger partial charge on any atom is -0.480 e. The van der Waals surface area contributed by atoms with Gasteiger partial charge >= 0.3 is 24.0 Å². The molecule has 14 nitrogen and oxygen atoms in total. The van der Waals surface area contributed by atoms with Crippen molar-refractivity contribution >= 4 is 35.4 Å². The number of rotatable bonds is 10. The van der Waals surface area contributed by atoms with Crippen LogP contribution in [0.2, 0.25) is 0 Å². The summed E-state index contributed by atoms with van der Waals surface area (Å²) in [6.07, 6.45) is 0.402. The predicted molar refractivity (Wildman–Crippen MR) is 142 cm³/mol. The van der Waals surface area contributed by atoms with Gasteiger partial charge < -0.3 is 31.0 Å². The number of guanidine groups is 1. The van der Waals surface area contributed by atoms with E-state index in [9.17, 15) is 37.9 Å². The fourth-order valence-electron chi connectivity index (χ4n) is 3.29. The van der Waals surface area contributed by atoms with E-state index in [-0.39, 0.29) is 18.7 Å². The quantitative estimate of drug-likeness (QED) is 0.129. The summed E-state index contributed by atoms with van der Waals surface area (Å²) < 4.78 is 31.8. The number of nitrogens with two attached hydrogens (primary N) is 1. The largest absolute Gasteiger partial charge is 0.480 e. The van der Waals surface area contributed by atoms with Crippen LogP contribution in [0.15, 0.2) is 70.6 Å². The van der Waals surface area contributed by atoms with E-state index >= 15 is 0 Å². The van der Waals surface area contributed by atoms with E-state index in [0.29, 0.717) is 23.6 Å². The van der Waals surface area contributed by atoms with Gasteiger partial charge in [0.1, 0.15) is 12.6 Å². The number of carbonyl (C=O) groups excluding carboxylic acids is 3. The lowest BCUT2D eigenvalue weighted by Gasteiger charge is -2.15. The molecule has 6 N–H and O–H groups in total. The number of pyridine rings is 2. The van der Waals surface area contributed by atoms with Gasteiger partial charge in [-0.05, 0) is 23.3 Å². The maximum atomic E-state index is 12.8. The number of nitrogens with one attached hydrogen (secondary N) is 3. The van der Waals surface area contributed by atoms with Crippen molar-refractivity contribution in [3.05, 3.63) is 87.8 Å². The molecule has 16 heteroatoms. The summed E-state index contributed by atoms with van der Waals surface area (Å²) in [7, 11) is 0. The molecule has 0 aliphatic rings. The summed E-state index contributed by atoms with van der Waals surface area (Å²) in [5.41, 5.74) is 8.06. The van der Waals surface area contributed by atoms with E-state index in [4.69, 9.17) is 10.5 Å². The predicted octanol–water partition coefficient (Wildman–Crippen LogP) is 0.927. The lowest BCUT2D eigenvalue weighted by Crippen LogP contribution is -2.48. The van der Waals surface area contributed by atoms with Crippen molar-refractivity contribution in [2.45, 2.75) is 32.0 Å². The van der Waals surface area contributed by atoms with E-state index in [2.05, 4.69) is 20.5 Å². The number of carboxylic acid groups (broad SMARTS) is 1. The highest BCUT2D eigenvalue weighted by molar-refractivity contribution is 5.95. The average molecular weight is 589 g/mol. The Morgan fingerprint density at radius 3 is 2.48 bits per heavy atom. The number of alkyl carbamates (subject to hydrolysis) is 1. The number of amides is 2. The fourth-order valence-corrected chi connectivity index (χ4v) is 3.29. The molecule has 0 aliphatic carbocycles. The van der Waals surface area contributed by atoms with Crippen LogP contribution < -0.4 is 27.4 Å². The smallest absolute Gasteiger partial charge is 0.408 e. The maximum Gasteiger partial charge on any atom is 0.408 e. The zero-order chi connectivity index (χ0) is 30.9. The Kier molecular flexibility index (Phi) is 10.1. The molecule has 0 saturated heterocycles. The molecule has 0 fully saturated rings. The van der Waals surface area contributed by atoms with Gasteiger partial charge in [0.05, 0.1) is 6.54 Å². The lowest BCUT2D eigenvalue weighted by atomic mass is 10.2. The molecule has 1 aromatic carbocycles. The number of nitrogens with zero attached hydrogens (tertiary/aromatic N) is 2. The highest BCUT2D eigenvalue weighted by Crippen LogP contribution is 2.12. The number of halogens is 2. The van der Waals surface area contributed by atoms with Crippen LogP contribution in [-0.2, 0) is 32.3 Å². The van der Waals surface area contributed by atoms with Crippen LogP contribution in [-0.4, -0.2) is 57.9 Å². The Morgan fingerprint density at radius 2 is 1.81 bits per heavy atom. The molecule has 0 aliphatic heterocycles. The molecule has 1 unspecified atom stereocenters. The molecule has 0 saturated carbocycles. The van der Waals surface area contributed by atoms with Crippen LogP contribution in [0.3, 0.4) is 0 Å². The number of carbonyl (C=O) groups is 4. The van der Waals surface area contributed by atoms with Crippen molar-refractivity contribution in [3.63, 3.8) is 0 Å². The molecule has 3 aromatic rings. The van der Waals surface area contributed by atoms with Crippen molar-refractivity contribution < 1.29 is 42.6 Å². The molecule has 3 rings (SSSR count). The second kappa shape index (κ2) is 13.7. The van der Waals surface area contributed by atoms with Crippen molar-refractivity contribution in [1.82, 2.24) is 20.5 Å². The molecule has 0 bridgehead atoms. The summed E-state index contributed by atoms with van der Waals surface area (Å²) in [5.74, 6) is -8.23. The van der Waals surface area contributed by atoms with Gasteiger partial charge in [-0.3, -0.25) is 14.0 Å². The summed E-state index contributed by atoms with van der Waals surface area (Å²) in [5, 5.41) is 13.9. The number of hydrogen-bond acceptors (Lipinski definition) is 8. The lowest BCUT2D eigenvalue weighted by molar-refractivity contribution is -0.173. The summed E-state index contributed by atoms with van der Waals surface area (Å²) in [4.78, 5) is 67.9. The van der Waals surface area contributed by atoms with Crippen LogP contribution in [0.4, 0.5) is 13.6 Å². The third kappa shape index (κ3) is 9.00. The Bertz CT molecular complexity index is 1560. The van der Waals surface area contributed by atoms with Gasteiger partial charge in [-0.25, -0.2) is 19.4 Å². The number of hydrogen-bond donors (Lipinski definition) is 5. The number of carboxylic acids is 1. The molecular formula is C26H26F2N6O8. The average Bonchev–Trinajstić information content (AvgIpc) is 2.95. The molecule has 2 heterocycles. The standard InChI is InChI=1S/C26H26F2N6O8/c1-26(27,28)23(39)42-33-24(29)31-11-16-7-8-18-9-17(10-20(35)34(18)13-16)21(36)30-12-19(22(37)38)32-25(40)41-14-15-5-3-2-4-6-15/h2-10,13,19H,11-12,14H2,1H3,(H,30,36)(H,32,40)(H,37,38)(H3,29,31,33). The third-order valence-corrected chi connectivity index (χ3v) is 5.43. The van der Waals surface area contributed by atoms with Crippen LogP contribution in [0, 0.1) is 0 Å². The van der Waals surface area contributed by atoms with Gasteiger partial charge in [-0.2, -0.15) is 14.3 Å². The van der Waals surface area contributed by atoms with Gasteiger partial charge in [-0.15, -0.1) is 0 Å². The minimum absolute atomic E-state index is 0.0652. The van der Waals surface area contributed by atoms with E-state index in [1.807, 2.05) is 0 Å². The number of hydroxylamine groups is 1. The summed E-state index contributed by atoms with van der Waals surface area (Å²) in [6, 6.07) is 12.7. The monoisotopic (exact) mass is 588 g/mol. The highest BCUT2D eigenvalue weighted by Gasteiger charge is 2.35. The number of alkyl halides is 2. The van der Waals surface area contributed by atoms with E-state index in [1.165, 1.54) is 22.7 Å². The van der Waals surface area contributed by atoms with Crippen molar-refractivity contribution in [2.24, 2.45) is 10.7 Å². The van der Waals surface area contributed by atoms with E-state index in [0.717, 1.165) is 6.07 Å². The third-order valence-electron chi connectivity index (χ3n) is 5.43. The first kappa shape index (κ1) is 31.0. The van der Waals surface area contributed by atoms with Gasteiger partial charge in [0.2, 0.25) is 5.96 Å². The number of benzene rings is 1. The SMILES string of the molecule is CC(F)(F)C(=O)ONC(N)=NCc1ccc2cc(C(=O)NCC(NC(=O)OCc3ccccc3)C(=O)O)cc(=O)n2c1. The summed E-state index contributed by atoms with van der Waals surface area (Å²) >= 11 is 0. The number of aromatic nitrogens is 1. The zero-order valence-electron chi connectivity index (χ0n) is 22.0. The molecule has 222 valence electrons. The highest BCUT2D eigenvalue weighted by atomic mass is 19.3. The molecule has 0 radical (unpaired) electrons. The normalized spacial score (nSPS) is 12.2. The van der Waals surface area contributed by atoms with Crippen molar-refractivity contribution in [3.8, 4) is 0 Å². The molecule has 2 aromatic heterocycles. The topological polar surface area (TPSA) is 203 Å². The fraction of sp³-hybridized carbons (Fsp3) is 0.231. The van der Waals surface area contributed by atoms with Crippen molar-refractivity contribution in [1.29, 1.82) is 0 Å². The number of ether oxygens (including phenoxy) is 1. The first-order valence-electron chi connectivity index (χ1n) is 12.1. The van der Waals surface area contributed by atoms with Gasteiger partial charge in [-0.1, -0.05) is 36.4 Å². The Hall–Kier alpha value is -5.54. The molecule has 1 atom stereocenters. The Labute approximate surface area is 236 Å². The van der Waals surface area contributed by atoms with Crippen LogP contribution in [0.25, 0.3) is 5.52 Å². The maximum absolute atomic E-state index is 12.8. The van der Waals surface area contributed by atoms with E-state index in [1.54, 1.807) is 41.9 Å². The van der Waals surface area contributed by atoms with Crippen LogP contribution >= 0.6 is 0 Å². The minimum atomic E-state index is -3.73. The van der Waals surface area contributed by atoms with Gasteiger partial charge in [0.25, 0.3) is 11.5 Å². The number of aliphatic imine (C=N–C) groups is 1. The second-order valence-corrected chi connectivity index (χ2v) is 8.80. The first-order valence-corrected chi connectivity index (χ1v) is 12.1. The molecular weight excluding hydrogens is 562 g/mol. The summed E-state index contributed by atoms with van der Waals surface area (Å²) in [6.45, 7) is -0.351. The second-order valence-electron chi connectivity index (χ2n) is 8.80. The molecule has 2 amide bonds. The molecule has 0 spiro atoms. The van der Waals surface area contributed by atoms with Crippen LogP contribution in [0.5, 0.6) is 0 Å². The van der Waals surface area contributed by atoms with Gasteiger partial charge in [0, 0.05) is 36.8 Å². The zero-order valence-corrected chi connectivity index (χ0v) is 22.0. The number of fused-ring (bicyclic) bond motifs is 1. The van der Waals surface area contributed by atoms with Gasteiger partial charge in [0.15, 0.2) is 0 Å². The number of aliphatic carboxylic acids is 1. The Morgan fingerprint density at radius 1 is 1.10 bits per heavy atom. The Balaban J connectivity index is 1.59. The first-order chi connectivity index (χ1) is 19.8. The van der Waals surface area contributed by atoms with Crippen LogP contribution in [0.1, 0.15) is 28.4 Å².